The molecule has 2 atom stereocenters. The van der Waals surface area contributed by atoms with Gasteiger partial charge < -0.3 is 9.47 Å². The first-order valence-electron chi connectivity index (χ1n) is 9.72. The molecule has 1 aliphatic carbocycles. The summed E-state index contributed by atoms with van der Waals surface area (Å²) in [5.41, 5.74) is 3.62. The topological polar surface area (TPSA) is 38.8 Å². The van der Waals surface area contributed by atoms with Crippen LogP contribution in [0.1, 0.15) is 42.5 Å². The first kappa shape index (κ1) is 19.4. The van der Waals surface area contributed by atoms with Crippen LogP contribution in [0.15, 0.2) is 48.5 Å². The number of ether oxygens (including phenoxy) is 2. The minimum atomic E-state index is -0.367. The molecule has 3 rings (SSSR count). The van der Waals surface area contributed by atoms with Crippen molar-refractivity contribution in [3.63, 3.8) is 0 Å². The molecule has 1 aliphatic rings. The van der Waals surface area contributed by atoms with E-state index in [0.29, 0.717) is 6.04 Å². The second-order valence-corrected chi connectivity index (χ2v) is 7.07. The van der Waals surface area contributed by atoms with E-state index in [4.69, 9.17) is 9.47 Å². The molecule has 1 unspecified atom stereocenters. The smallest absolute Gasteiger partial charge is 0.327 e. The van der Waals surface area contributed by atoms with Gasteiger partial charge in [-0.3, -0.25) is 4.90 Å². The van der Waals surface area contributed by atoms with Gasteiger partial charge in [0.15, 0.2) is 0 Å². The van der Waals surface area contributed by atoms with Gasteiger partial charge in [0, 0.05) is 6.04 Å². The van der Waals surface area contributed by atoms with E-state index in [1.165, 1.54) is 18.2 Å². The Bertz CT molecular complexity index is 759. The number of esters is 1. The lowest BCUT2D eigenvalue weighted by molar-refractivity contribution is -0.148. The molecule has 2 aromatic carbocycles. The molecule has 4 heteroatoms. The highest BCUT2D eigenvalue weighted by Crippen LogP contribution is 2.35. The summed E-state index contributed by atoms with van der Waals surface area (Å²) < 4.78 is 10.7. The Labute approximate surface area is 162 Å². The van der Waals surface area contributed by atoms with Crippen LogP contribution in [0.5, 0.6) is 5.75 Å². The lowest BCUT2D eigenvalue weighted by atomic mass is 9.85. The van der Waals surface area contributed by atoms with Crippen molar-refractivity contribution in [3.8, 4) is 5.75 Å². The van der Waals surface area contributed by atoms with Crippen LogP contribution in [0.3, 0.4) is 0 Å². The van der Waals surface area contributed by atoms with Crippen molar-refractivity contribution >= 4 is 5.97 Å². The van der Waals surface area contributed by atoms with Gasteiger partial charge in [0.25, 0.3) is 0 Å². The second kappa shape index (κ2) is 9.05. The number of carbonyl (C=O) groups is 1. The maximum absolute atomic E-state index is 12.7. The number of carbonyl (C=O) groups excluding carboxylic acids is 1. The summed E-state index contributed by atoms with van der Waals surface area (Å²) in [5, 5.41) is 0. The van der Waals surface area contributed by atoms with Gasteiger partial charge in [0.05, 0.1) is 14.2 Å². The van der Waals surface area contributed by atoms with Crippen LogP contribution in [0.25, 0.3) is 0 Å². The highest BCUT2D eigenvalue weighted by atomic mass is 16.5. The first-order chi connectivity index (χ1) is 13.2. The second-order valence-electron chi connectivity index (χ2n) is 7.07. The van der Waals surface area contributed by atoms with E-state index in [2.05, 4.69) is 24.0 Å². The van der Waals surface area contributed by atoms with Gasteiger partial charge in [0.2, 0.25) is 0 Å². The molecule has 0 radical (unpaired) electrons. The van der Waals surface area contributed by atoms with Crippen molar-refractivity contribution in [1.29, 1.82) is 0 Å². The number of hydrogen-bond donors (Lipinski definition) is 0. The summed E-state index contributed by atoms with van der Waals surface area (Å²) in [6.45, 7) is 3.02. The van der Waals surface area contributed by atoms with E-state index in [1.54, 1.807) is 7.11 Å². The van der Waals surface area contributed by atoms with Crippen molar-refractivity contribution in [2.24, 2.45) is 0 Å². The zero-order chi connectivity index (χ0) is 19.2. The highest BCUT2D eigenvalue weighted by Gasteiger charge is 2.35. The van der Waals surface area contributed by atoms with E-state index >= 15 is 0 Å². The minimum absolute atomic E-state index is 0.189. The molecule has 2 aromatic rings. The number of methoxy groups -OCH3 is 2. The normalized spacial score (nSPS) is 17.3. The fraction of sp³-hybridized carbons (Fsp3) is 0.435. The number of benzene rings is 2. The quantitative estimate of drug-likeness (QED) is 0.688. The molecule has 27 heavy (non-hydrogen) atoms. The molecule has 0 aliphatic heterocycles. The van der Waals surface area contributed by atoms with Crippen molar-refractivity contribution in [2.75, 3.05) is 20.8 Å². The van der Waals surface area contributed by atoms with Crippen LogP contribution in [-0.2, 0) is 22.4 Å². The highest BCUT2D eigenvalue weighted by molar-refractivity contribution is 5.77. The molecular weight excluding hydrogens is 338 g/mol. The SMILES string of the molecule is CCCN(C(C(=O)OC)c1ccccc1)[C@H]1CCc2c(cccc2OC)C1. The Morgan fingerprint density at radius 2 is 1.93 bits per heavy atom. The Balaban J connectivity index is 1.93. The molecule has 0 heterocycles. The van der Waals surface area contributed by atoms with E-state index < -0.39 is 0 Å². The van der Waals surface area contributed by atoms with E-state index in [-0.39, 0.29) is 12.0 Å². The summed E-state index contributed by atoms with van der Waals surface area (Å²) >= 11 is 0. The third-order valence-corrected chi connectivity index (χ3v) is 5.46. The predicted molar refractivity (Wildman–Crippen MR) is 107 cm³/mol. The largest absolute Gasteiger partial charge is 0.496 e. The summed E-state index contributed by atoms with van der Waals surface area (Å²) in [6.07, 6.45) is 3.88. The molecule has 0 fully saturated rings. The first-order valence-corrected chi connectivity index (χ1v) is 9.72. The molecule has 0 saturated heterocycles. The molecule has 0 spiro atoms. The molecule has 0 saturated carbocycles. The van der Waals surface area contributed by atoms with Gasteiger partial charge in [0.1, 0.15) is 11.8 Å². The maximum atomic E-state index is 12.7. The fourth-order valence-corrected chi connectivity index (χ4v) is 4.22. The van der Waals surface area contributed by atoms with Gasteiger partial charge in [-0.15, -0.1) is 0 Å². The van der Waals surface area contributed by atoms with Gasteiger partial charge in [-0.2, -0.15) is 0 Å². The summed E-state index contributed by atoms with van der Waals surface area (Å²) in [7, 11) is 3.21. The van der Waals surface area contributed by atoms with Crippen LogP contribution < -0.4 is 4.74 Å². The monoisotopic (exact) mass is 367 g/mol. The zero-order valence-corrected chi connectivity index (χ0v) is 16.5. The Kier molecular flexibility index (Phi) is 6.51. The maximum Gasteiger partial charge on any atom is 0.327 e. The van der Waals surface area contributed by atoms with Gasteiger partial charge in [-0.1, -0.05) is 49.4 Å². The van der Waals surface area contributed by atoms with Crippen LogP contribution in [-0.4, -0.2) is 37.7 Å². The predicted octanol–water partition coefficient (Wildman–Crippen LogP) is 4.18. The minimum Gasteiger partial charge on any atom is -0.496 e. The number of rotatable bonds is 7. The summed E-state index contributed by atoms with van der Waals surface area (Å²) in [6, 6.07) is 16.2. The van der Waals surface area contributed by atoms with Crippen molar-refractivity contribution in [2.45, 2.75) is 44.7 Å². The third-order valence-electron chi connectivity index (χ3n) is 5.46. The van der Waals surface area contributed by atoms with Crippen LogP contribution in [0, 0.1) is 0 Å². The molecule has 0 N–H and O–H groups in total. The summed E-state index contributed by atoms with van der Waals surface area (Å²) in [4.78, 5) is 15.1. The van der Waals surface area contributed by atoms with Crippen LogP contribution in [0.2, 0.25) is 0 Å². The van der Waals surface area contributed by atoms with Crippen molar-refractivity contribution in [1.82, 2.24) is 4.90 Å². The summed E-state index contributed by atoms with van der Waals surface area (Å²) in [5.74, 6) is 0.784. The number of fused-ring (bicyclic) bond motifs is 1. The van der Waals surface area contributed by atoms with E-state index in [9.17, 15) is 4.79 Å². The third kappa shape index (κ3) is 4.16. The Morgan fingerprint density at radius 3 is 2.59 bits per heavy atom. The van der Waals surface area contributed by atoms with E-state index in [0.717, 1.165) is 43.5 Å². The zero-order valence-electron chi connectivity index (χ0n) is 16.5. The molecular formula is C23H29NO3. The lowest BCUT2D eigenvalue weighted by Gasteiger charge is -2.39. The molecule has 4 nitrogen and oxygen atoms in total. The fourth-order valence-electron chi connectivity index (χ4n) is 4.22. The molecule has 0 amide bonds. The van der Waals surface area contributed by atoms with Crippen LogP contribution in [0.4, 0.5) is 0 Å². The molecule has 0 bridgehead atoms. The van der Waals surface area contributed by atoms with Crippen molar-refractivity contribution < 1.29 is 14.3 Å². The average Bonchev–Trinajstić information content (AvgIpc) is 2.73. The standard InChI is InChI=1S/C23H29NO3/c1-4-15-24(22(23(25)27-3)17-9-6-5-7-10-17)19-13-14-20-18(16-19)11-8-12-21(20)26-2/h5-12,19,22H,4,13-16H2,1-3H3/t19-,22?/m0/s1. The molecule has 144 valence electrons. The number of hydrogen-bond acceptors (Lipinski definition) is 4. The lowest BCUT2D eigenvalue weighted by Crippen LogP contribution is -2.45. The van der Waals surface area contributed by atoms with Crippen molar-refractivity contribution in [3.05, 3.63) is 65.2 Å². The molecule has 0 aromatic heterocycles. The average molecular weight is 367 g/mol. The van der Waals surface area contributed by atoms with Crippen LogP contribution >= 0.6 is 0 Å². The number of nitrogens with zero attached hydrogens (tertiary/aromatic N) is 1. The van der Waals surface area contributed by atoms with E-state index in [1.807, 2.05) is 36.4 Å². The van der Waals surface area contributed by atoms with Gasteiger partial charge in [-0.05, 0) is 55.0 Å². The Morgan fingerprint density at radius 1 is 1.15 bits per heavy atom. The Hall–Kier alpha value is -2.33. The van der Waals surface area contributed by atoms with Gasteiger partial charge in [-0.25, -0.2) is 4.79 Å². The van der Waals surface area contributed by atoms with Gasteiger partial charge >= 0.3 is 5.97 Å².